The molecule has 20 heavy (non-hydrogen) atoms. The molecule has 0 aromatic heterocycles. The number of ether oxygens (including phenoxy) is 1. The molecule has 0 saturated carbocycles. The Labute approximate surface area is 119 Å². The number of benzene rings is 1. The number of carbonyl (C=O) groups is 2. The smallest absolute Gasteiger partial charge is 0.330 e. The second kappa shape index (κ2) is 7.01. The molecule has 0 spiro atoms. The molecule has 4 heteroatoms. The highest BCUT2D eigenvalue weighted by molar-refractivity contribution is 5.86. The predicted molar refractivity (Wildman–Crippen MR) is 77.0 cm³/mol. The summed E-state index contributed by atoms with van der Waals surface area (Å²) < 4.78 is 4.57. The number of rotatable bonds is 4. The summed E-state index contributed by atoms with van der Waals surface area (Å²) in [7, 11) is 1.36. The van der Waals surface area contributed by atoms with Gasteiger partial charge in [-0.15, -0.1) is 0 Å². The summed E-state index contributed by atoms with van der Waals surface area (Å²) in [5, 5.41) is 0. The van der Waals surface area contributed by atoms with Crippen molar-refractivity contribution >= 4 is 17.8 Å². The maximum absolute atomic E-state index is 11.2. The third kappa shape index (κ3) is 4.31. The summed E-state index contributed by atoms with van der Waals surface area (Å²) in [4.78, 5) is 24.6. The number of hydrogen-bond acceptors (Lipinski definition) is 4. The van der Waals surface area contributed by atoms with E-state index in [2.05, 4.69) is 21.8 Å². The van der Waals surface area contributed by atoms with Gasteiger partial charge in [0.15, 0.2) is 0 Å². The topological polar surface area (TPSA) is 46.6 Å². The predicted octanol–water partition coefficient (Wildman–Crippen LogP) is 2.04. The lowest BCUT2D eigenvalue weighted by Crippen LogP contribution is -2.33. The Kier molecular flexibility index (Phi) is 5.07. The highest BCUT2D eigenvalue weighted by atomic mass is 16.5. The van der Waals surface area contributed by atoms with E-state index in [0.717, 1.165) is 25.2 Å². The second-order valence-electron chi connectivity index (χ2n) is 4.92. The molecule has 2 rings (SSSR count). The zero-order valence-electron chi connectivity index (χ0n) is 11.7. The minimum Gasteiger partial charge on any atom is -0.466 e. The Morgan fingerprint density at radius 1 is 1.35 bits per heavy atom. The van der Waals surface area contributed by atoms with Crippen LogP contribution in [0.4, 0.5) is 0 Å². The zero-order valence-corrected chi connectivity index (χ0v) is 11.7. The van der Waals surface area contributed by atoms with Crippen LogP contribution in [0.1, 0.15) is 24.0 Å². The maximum Gasteiger partial charge on any atom is 0.330 e. The number of Topliss-reactive ketones (excluding diaryl/α,β-unsaturated/α-hetero) is 1. The molecule has 106 valence electrons. The fourth-order valence-electron chi connectivity index (χ4n) is 2.25. The van der Waals surface area contributed by atoms with Crippen LogP contribution in [0.25, 0.3) is 6.08 Å². The molecule has 0 amide bonds. The molecule has 1 fully saturated rings. The fraction of sp³-hybridized carbons (Fsp3) is 0.375. The number of methoxy groups -OCH3 is 1. The molecule has 0 aliphatic carbocycles. The highest BCUT2D eigenvalue weighted by Crippen LogP contribution is 2.13. The van der Waals surface area contributed by atoms with Gasteiger partial charge >= 0.3 is 5.97 Å². The average Bonchev–Trinajstić information content (AvgIpc) is 2.47. The number of nitrogens with zero attached hydrogens (tertiary/aromatic N) is 1. The lowest BCUT2D eigenvalue weighted by molar-refractivity contribution is -0.134. The number of piperidine rings is 1. The highest BCUT2D eigenvalue weighted by Gasteiger charge is 2.15. The van der Waals surface area contributed by atoms with Crippen molar-refractivity contribution in [2.45, 2.75) is 19.4 Å². The van der Waals surface area contributed by atoms with Crippen molar-refractivity contribution in [3.8, 4) is 0 Å². The molecule has 1 aromatic rings. The quantitative estimate of drug-likeness (QED) is 0.622. The van der Waals surface area contributed by atoms with E-state index in [0.29, 0.717) is 18.6 Å². The van der Waals surface area contributed by atoms with E-state index in [-0.39, 0.29) is 5.97 Å². The molecular weight excluding hydrogens is 254 g/mol. The minimum absolute atomic E-state index is 0.357. The van der Waals surface area contributed by atoms with Crippen molar-refractivity contribution in [2.75, 3.05) is 20.2 Å². The van der Waals surface area contributed by atoms with E-state index >= 15 is 0 Å². The fourth-order valence-corrected chi connectivity index (χ4v) is 2.25. The average molecular weight is 273 g/mol. The van der Waals surface area contributed by atoms with Gasteiger partial charge in [0, 0.05) is 38.6 Å². The Hall–Kier alpha value is -1.94. The van der Waals surface area contributed by atoms with E-state index in [1.165, 1.54) is 18.7 Å². The Balaban J connectivity index is 1.97. The first-order chi connectivity index (χ1) is 9.67. The number of hydrogen-bond donors (Lipinski definition) is 0. The molecule has 0 unspecified atom stereocenters. The third-order valence-electron chi connectivity index (χ3n) is 3.38. The molecule has 4 nitrogen and oxygen atoms in total. The lowest BCUT2D eigenvalue weighted by Gasteiger charge is -2.25. The molecule has 1 aliphatic rings. The van der Waals surface area contributed by atoms with Crippen LogP contribution in [0.15, 0.2) is 30.3 Å². The summed E-state index contributed by atoms with van der Waals surface area (Å²) in [6, 6.07) is 8.03. The van der Waals surface area contributed by atoms with Crippen molar-refractivity contribution < 1.29 is 14.3 Å². The third-order valence-corrected chi connectivity index (χ3v) is 3.38. The van der Waals surface area contributed by atoms with Gasteiger partial charge in [-0.2, -0.15) is 0 Å². The summed E-state index contributed by atoms with van der Waals surface area (Å²) >= 11 is 0. The van der Waals surface area contributed by atoms with Crippen molar-refractivity contribution in [2.24, 2.45) is 0 Å². The van der Waals surface area contributed by atoms with Crippen LogP contribution < -0.4 is 0 Å². The molecule has 0 radical (unpaired) electrons. The molecular formula is C16H19NO3. The van der Waals surface area contributed by atoms with E-state index in [1.54, 1.807) is 6.08 Å². The Bertz CT molecular complexity index is 512. The molecule has 0 atom stereocenters. The van der Waals surface area contributed by atoms with Gasteiger partial charge < -0.3 is 4.74 Å². The van der Waals surface area contributed by atoms with Crippen LogP contribution in [-0.2, 0) is 20.9 Å². The SMILES string of the molecule is COC(=O)/C=C/c1cccc(CN2CCC(=O)CC2)c1. The minimum atomic E-state index is -0.357. The number of esters is 1. The van der Waals surface area contributed by atoms with E-state index < -0.39 is 0 Å². The normalized spacial score (nSPS) is 16.6. The summed E-state index contributed by atoms with van der Waals surface area (Å²) in [6.45, 7) is 2.51. The van der Waals surface area contributed by atoms with E-state index in [9.17, 15) is 9.59 Å². The van der Waals surface area contributed by atoms with Gasteiger partial charge in [0.1, 0.15) is 5.78 Å². The monoisotopic (exact) mass is 273 g/mol. The first kappa shape index (κ1) is 14.5. The molecule has 1 aromatic carbocycles. The molecule has 0 bridgehead atoms. The van der Waals surface area contributed by atoms with Crippen molar-refractivity contribution in [3.63, 3.8) is 0 Å². The van der Waals surface area contributed by atoms with Gasteiger partial charge in [-0.1, -0.05) is 24.3 Å². The number of carbonyl (C=O) groups excluding carboxylic acids is 2. The largest absolute Gasteiger partial charge is 0.466 e. The molecule has 1 heterocycles. The van der Waals surface area contributed by atoms with Gasteiger partial charge in [0.2, 0.25) is 0 Å². The van der Waals surface area contributed by atoms with Crippen molar-refractivity contribution in [3.05, 3.63) is 41.5 Å². The van der Waals surface area contributed by atoms with Crippen LogP contribution in [0.2, 0.25) is 0 Å². The van der Waals surface area contributed by atoms with Gasteiger partial charge in [0.25, 0.3) is 0 Å². The molecule has 1 saturated heterocycles. The summed E-state index contributed by atoms with van der Waals surface area (Å²) in [5.41, 5.74) is 2.16. The van der Waals surface area contributed by atoms with E-state index in [4.69, 9.17) is 0 Å². The van der Waals surface area contributed by atoms with Gasteiger partial charge in [-0.25, -0.2) is 4.79 Å². The van der Waals surface area contributed by atoms with E-state index in [1.807, 2.05) is 12.1 Å². The standard InChI is InChI=1S/C16H19NO3/c1-20-16(19)6-5-13-3-2-4-14(11-13)12-17-9-7-15(18)8-10-17/h2-6,11H,7-10,12H2,1H3/b6-5+. The van der Waals surface area contributed by atoms with Gasteiger partial charge in [-0.05, 0) is 17.2 Å². The van der Waals surface area contributed by atoms with Crippen molar-refractivity contribution in [1.82, 2.24) is 4.90 Å². The number of ketones is 1. The summed E-state index contributed by atoms with van der Waals surface area (Å²) in [5.74, 6) is 0.000887. The van der Waals surface area contributed by atoms with Crippen LogP contribution >= 0.6 is 0 Å². The second-order valence-corrected chi connectivity index (χ2v) is 4.92. The van der Waals surface area contributed by atoms with Crippen molar-refractivity contribution in [1.29, 1.82) is 0 Å². The lowest BCUT2D eigenvalue weighted by atomic mass is 10.1. The van der Waals surface area contributed by atoms with Crippen LogP contribution in [0.3, 0.4) is 0 Å². The van der Waals surface area contributed by atoms with Gasteiger partial charge in [-0.3, -0.25) is 9.69 Å². The summed E-state index contributed by atoms with van der Waals surface area (Å²) in [6.07, 6.45) is 4.47. The Morgan fingerprint density at radius 3 is 2.80 bits per heavy atom. The van der Waals surface area contributed by atoms with Crippen LogP contribution in [0, 0.1) is 0 Å². The first-order valence-corrected chi connectivity index (χ1v) is 6.76. The first-order valence-electron chi connectivity index (χ1n) is 6.76. The maximum atomic E-state index is 11.2. The van der Waals surface area contributed by atoms with Crippen LogP contribution in [0.5, 0.6) is 0 Å². The van der Waals surface area contributed by atoms with Gasteiger partial charge in [0.05, 0.1) is 7.11 Å². The van der Waals surface area contributed by atoms with Crippen LogP contribution in [-0.4, -0.2) is 36.9 Å². The zero-order chi connectivity index (χ0) is 14.4. The molecule has 1 aliphatic heterocycles. The Morgan fingerprint density at radius 2 is 2.10 bits per heavy atom. The molecule has 0 N–H and O–H groups in total. The number of likely N-dealkylation sites (tertiary alicyclic amines) is 1.